The van der Waals surface area contributed by atoms with Gasteiger partial charge in [-0.05, 0) is 43.0 Å². The van der Waals surface area contributed by atoms with E-state index in [1.54, 1.807) is 0 Å². The number of hydrogen-bond donors (Lipinski definition) is 2. The standard InChI is InChI=1S/C24H29F2N5O.HI/c1-2-27-24(28-14-23(32)31-11-9-17-5-3-4-6-18(17)15-31)29-20-10-12-30(16-20)22-8-7-19(25)13-21(22)26;/h3-8,13,20H,2,9-12,14-16H2,1H3,(H2,27,28,29);1H. The van der Waals surface area contributed by atoms with Crippen LogP contribution in [0.1, 0.15) is 24.5 Å². The highest BCUT2D eigenvalue weighted by Crippen LogP contribution is 2.24. The van der Waals surface area contributed by atoms with E-state index < -0.39 is 11.6 Å². The van der Waals surface area contributed by atoms with Gasteiger partial charge in [-0.1, -0.05) is 24.3 Å². The molecular weight excluding hydrogens is 539 g/mol. The summed E-state index contributed by atoms with van der Waals surface area (Å²) in [5.41, 5.74) is 2.90. The Morgan fingerprint density at radius 1 is 1.15 bits per heavy atom. The van der Waals surface area contributed by atoms with Gasteiger partial charge in [-0.15, -0.1) is 24.0 Å². The molecule has 1 saturated heterocycles. The van der Waals surface area contributed by atoms with Gasteiger partial charge in [0, 0.05) is 44.8 Å². The molecule has 0 saturated carbocycles. The van der Waals surface area contributed by atoms with Crippen molar-refractivity contribution in [2.45, 2.75) is 32.4 Å². The van der Waals surface area contributed by atoms with Gasteiger partial charge in [0.05, 0.1) is 5.69 Å². The molecule has 1 fully saturated rings. The van der Waals surface area contributed by atoms with Crippen LogP contribution < -0.4 is 15.5 Å². The summed E-state index contributed by atoms with van der Waals surface area (Å²) in [6.07, 6.45) is 1.65. The van der Waals surface area contributed by atoms with Gasteiger partial charge in [0.25, 0.3) is 0 Å². The molecule has 2 heterocycles. The van der Waals surface area contributed by atoms with E-state index in [9.17, 15) is 13.6 Å². The van der Waals surface area contributed by atoms with Crippen molar-refractivity contribution in [3.63, 3.8) is 0 Å². The number of benzene rings is 2. The van der Waals surface area contributed by atoms with E-state index in [2.05, 4.69) is 27.8 Å². The topological polar surface area (TPSA) is 60.0 Å². The van der Waals surface area contributed by atoms with Crippen LogP contribution in [0.15, 0.2) is 47.5 Å². The number of fused-ring (bicyclic) bond motifs is 1. The second-order valence-electron chi connectivity index (χ2n) is 8.20. The molecule has 0 bridgehead atoms. The lowest BCUT2D eigenvalue weighted by Gasteiger charge is -2.28. The number of aliphatic imine (C=N–C) groups is 1. The number of guanidine groups is 1. The number of carbonyl (C=O) groups is 1. The minimum absolute atomic E-state index is 0. The first-order chi connectivity index (χ1) is 15.5. The third-order valence-corrected chi connectivity index (χ3v) is 5.98. The third-order valence-electron chi connectivity index (χ3n) is 5.98. The molecule has 178 valence electrons. The van der Waals surface area contributed by atoms with Gasteiger partial charge in [-0.25, -0.2) is 13.8 Å². The van der Waals surface area contributed by atoms with E-state index in [1.807, 2.05) is 28.9 Å². The Hall–Kier alpha value is -2.43. The molecule has 2 N–H and O–H groups in total. The Kier molecular flexibility index (Phi) is 8.87. The van der Waals surface area contributed by atoms with Crippen molar-refractivity contribution in [2.75, 3.05) is 37.6 Å². The number of halogens is 3. The molecule has 0 spiro atoms. The number of nitrogens with one attached hydrogen (secondary N) is 2. The number of carbonyl (C=O) groups excluding carboxylic acids is 1. The average Bonchev–Trinajstić information content (AvgIpc) is 3.25. The molecule has 2 aromatic carbocycles. The molecule has 1 unspecified atom stereocenters. The minimum atomic E-state index is -0.580. The molecule has 2 aliphatic heterocycles. The summed E-state index contributed by atoms with van der Waals surface area (Å²) in [5.74, 6) is -0.564. The Bertz CT molecular complexity index is 1000. The van der Waals surface area contributed by atoms with Gasteiger partial charge in [-0.3, -0.25) is 4.79 Å². The fourth-order valence-electron chi connectivity index (χ4n) is 4.30. The van der Waals surface area contributed by atoms with Gasteiger partial charge in [-0.2, -0.15) is 0 Å². The van der Waals surface area contributed by atoms with E-state index in [0.717, 1.165) is 18.9 Å². The quantitative estimate of drug-likeness (QED) is 0.330. The number of hydrogen-bond acceptors (Lipinski definition) is 3. The van der Waals surface area contributed by atoms with Crippen LogP contribution in [0.3, 0.4) is 0 Å². The first-order valence-electron chi connectivity index (χ1n) is 11.1. The van der Waals surface area contributed by atoms with E-state index in [-0.39, 0.29) is 42.5 Å². The maximum Gasteiger partial charge on any atom is 0.244 e. The molecule has 0 aliphatic carbocycles. The van der Waals surface area contributed by atoms with Crippen LogP contribution in [-0.4, -0.2) is 55.5 Å². The van der Waals surface area contributed by atoms with E-state index >= 15 is 0 Å². The normalized spacial score (nSPS) is 17.9. The lowest BCUT2D eigenvalue weighted by molar-refractivity contribution is -0.130. The molecule has 9 heteroatoms. The predicted octanol–water partition coefficient (Wildman–Crippen LogP) is 3.30. The highest BCUT2D eigenvalue weighted by Gasteiger charge is 2.26. The van der Waals surface area contributed by atoms with Crippen LogP contribution in [0.2, 0.25) is 0 Å². The van der Waals surface area contributed by atoms with Crippen LogP contribution >= 0.6 is 24.0 Å². The zero-order chi connectivity index (χ0) is 22.5. The summed E-state index contributed by atoms with van der Waals surface area (Å²) >= 11 is 0. The second-order valence-corrected chi connectivity index (χ2v) is 8.20. The third kappa shape index (κ3) is 6.33. The molecule has 4 rings (SSSR count). The summed E-state index contributed by atoms with van der Waals surface area (Å²) in [7, 11) is 0. The fraction of sp³-hybridized carbons (Fsp3) is 0.417. The maximum absolute atomic E-state index is 14.1. The molecule has 2 aromatic rings. The van der Waals surface area contributed by atoms with Crippen molar-refractivity contribution in [3.05, 3.63) is 65.2 Å². The molecule has 33 heavy (non-hydrogen) atoms. The van der Waals surface area contributed by atoms with Crippen LogP contribution in [0.4, 0.5) is 14.5 Å². The van der Waals surface area contributed by atoms with E-state index in [0.29, 0.717) is 44.4 Å². The Balaban J connectivity index is 0.00000306. The summed E-state index contributed by atoms with van der Waals surface area (Å²) in [5, 5.41) is 6.53. The predicted molar refractivity (Wildman–Crippen MR) is 137 cm³/mol. The smallest absolute Gasteiger partial charge is 0.244 e. The largest absolute Gasteiger partial charge is 0.367 e. The Morgan fingerprint density at radius 3 is 2.70 bits per heavy atom. The first kappa shape index (κ1) is 25.2. The zero-order valence-electron chi connectivity index (χ0n) is 18.7. The summed E-state index contributed by atoms with van der Waals surface area (Å²) in [6, 6.07) is 11.9. The lowest BCUT2D eigenvalue weighted by atomic mass is 10.00. The van der Waals surface area contributed by atoms with Gasteiger partial charge in [0.15, 0.2) is 5.96 Å². The van der Waals surface area contributed by atoms with Crippen molar-refractivity contribution in [1.82, 2.24) is 15.5 Å². The van der Waals surface area contributed by atoms with E-state index in [4.69, 9.17) is 0 Å². The highest BCUT2D eigenvalue weighted by atomic mass is 127. The Labute approximate surface area is 210 Å². The molecule has 2 aliphatic rings. The van der Waals surface area contributed by atoms with Crippen LogP contribution in [-0.2, 0) is 17.8 Å². The van der Waals surface area contributed by atoms with Gasteiger partial charge >= 0.3 is 0 Å². The minimum Gasteiger partial charge on any atom is -0.367 e. The SMILES string of the molecule is CCNC(=NCC(=O)N1CCc2ccccc2C1)NC1CCN(c2ccc(F)cc2F)C1.I. The average molecular weight is 569 g/mol. The van der Waals surface area contributed by atoms with Crippen molar-refractivity contribution >= 4 is 41.5 Å². The molecule has 1 atom stereocenters. The summed E-state index contributed by atoms with van der Waals surface area (Å²) < 4.78 is 27.3. The van der Waals surface area contributed by atoms with Crippen LogP contribution in [0.5, 0.6) is 0 Å². The second kappa shape index (κ2) is 11.6. The van der Waals surface area contributed by atoms with Crippen LogP contribution in [0.25, 0.3) is 0 Å². The van der Waals surface area contributed by atoms with Crippen molar-refractivity contribution in [1.29, 1.82) is 0 Å². The monoisotopic (exact) mass is 569 g/mol. The lowest BCUT2D eigenvalue weighted by Crippen LogP contribution is -2.45. The fourth-order valence-corrected chi connectivity index (χ4v) is 4.30. The zero-order valence-corrected chi connectivity index (χ0v) is 21.0. The maximum atomic E-state index is 14.1. The number of rotatable bonds is 5. The number of anilines is 1. The van der Waals surface area contributed by atoms with Crippen molar-refractivity contribution in [3.8, 4) is 0 Å². The number of amides is 1. The van der Waals surface area contributed by atoms with Crippen molar-refractivity contribution in [2.24, 2.45) is 4.99 Å². The Morgan fingerprint density at radius 2 is 1.94 bits per heavy atom. The summed E-state index contributed by atoms with van der Waals surface area (Å²) in [6.45, 7) is 5.26. The van der Waals surface area contributed by atoms with Gasteiger partial charge in [0.2, 0.25) is 5.91 Å². The molecule has 6 nitrogen and oxygen atoms in total. The van der Waals surface area contributed by atoms with Gasteiger partial charge < -0.3 is 20.4 Å². The number of nitrogens with zero attached hydrogens (tertiary/aromatic N) is 3. The summed E-state index contributed by atoms with van der Waals surface area (Å²) in [4.78, 5) is 21.0. The molecular formula is C24H30F2IN5O. The van der Waals surface area contributed by atoms with Crippen LogP contribution in [0, 0.1) is 11.6 Å². The molecule has 1 amide bonds. The van der Waals surface area contributed by atoms with Crippen molar-refractivity contribution < 1.29 is 13.6 Å². The van der Waals surface area contributed by atoms with E-state index in [1.165, 1.54) is 23.3 Å². The van der Waals surface area contributed by atoms with Gasteiger partial charge in [0.1, 0.15) is 18.2 Å². The molecule has 0 aromatic heterocycles. The highest BCUT2D eigenvalue weighted by molar-refractivity contribution is 14.0. The molecule has 0 radical (unpaired) electrons. The first-order valence-corrected chi connectivity index (χ1v) is 11.1.